The number of aliphatic hydroxyl groups excluding tert-OH is 1. The highest BCUT2D eigenvalue weighted by Gasteiger charge is 2.32. The number of hydrogen-bond donors (Lipinski definition) is 2. The number of benzene rings is 1. The molecule has 0 saturated heterocycles. The Morgan fingerprint density at radius 2 is 2.00 bits per heavy atom. The summed E-state index contributed by atoms with van der Waals surface area (Å²) < 4.78 is 5.75. The summed E-state index contributed by atoms with van der Waals surface area (Å²) in [5.74, 6) is -1.45. The zero-order chi connectivity index (χ0) is 13.9. The van der Waals surface area contributed by atoms with Crippen molar-refractivity contribution in [3.8, 4) is 5.75 Å². The van der Waals surface area contributed by atoms with E-state index in [9.17, 15) is 15.0 Å². The fraction of sp³-hybridized carbons (Fsp3) is 0.462. The van der Waals surface area contributed by atoms with E-state index in [1.807, 2.05) is 0 Å². The molecule has 18 heavy (non-hydrogen) atoms. The summed E-state index contributed by atoms with van der Waals surface area (Å²) in [6.07, 6.45) is -1.08. The van der Waals surface area contributed by atoms with Gasteiger partial charge in [-0.1, -0.05) is 29.8 Å². The molecule has 2 N–H and O–H groups in total. The van der Waals surface area contributed by atoms with Crippen LogP contribution in [0.4, 0.5) is 0 Å². The van der Waals surface area contributed by atoms with Crippen LogP contribution in [0.3, 0.4) is 0 Å². The van der Waals surface area contributed by atoms with Crippen LogP contribution in [0.25, 0.3) is 0 Å². The standard InChI is InChI=1S/C13H17BrO4/c1-7(2)11(13(16)17)12(15)9-6-8(18-3)4-5-10(9)14/h4-7,11-12,15H,1-3H3,(H,16,17). The zero-order valence-electron chi connectivity index (χ0n) is 10.6. The van der Waals surface area contributed by atoms with Crippen molar-refractivity contribution in [1.29, 1.82) is 0 Å². The number of methoxy groups -OCH3 is 1. The quantitative estimate of drug-likeness (QED) is 0.876. The van der Waals surface area contributed by atoms with Crippen molar-refractivity contribution in [2.24, 2.45) is 11.8 Å². The summed E-state index contributed by atoms with van der Waals surface area (Å²) >= 11 is 3.32. The lowest BCUT2D eigenvalue weighted by molar-refractivity contribution is -0.148. The fourth-order valence-corrected chi connectivity index (χ4v) is 2.33. The third kappa shape index (κ3) is 3.23. The summed E-state index contributed by atoms with van der Waals surface area (Å²) in [6.45, 7) is 3.55. The van der Waals surface area contributed by atoms with Gasteiger partial charge >= 0.3 is 5.97 Å². The Kier molecular flexibility index (Phi) is 5.16. The van der Waals surface area contributed by atoms with Crippen LogP contribution in [0, 0.1) is 11.8 Å². The van der Waals surface area contributed by atoms with Crippen LogP contribution in [0.2, 0.25) is 0 Å². The molecule has 0 aliphatic heterocycles. The third-order valence-electron chi connectivity index (χ3n) is 2.87. The summed E-state index contributed by atoms with van der Waals surface area (Å²) in [6, 6.07) is 5.12. The van der Waals surface area contributed by atoms with Crippen molar-refractivity contribution >= 4 is 21.9 Å². The average Bonchev–Trinajstić information content (AvgIpc) is 2.28. The molecule has 1 aromatic rings. The Morgan fingerprint density at radius 1 is 1.39 bits per heavy atom. The Labute approximate surface area is 115 Å². The van der Waals surface area contributed by atoms with E-state index in [-0.39, 0.29) is 5.92 Å². The second-order valence-electron chi connectivity index (χ2n) is 4.44. The van der Waals surface area contributed by atoms with Gasteiger partial charge in [-0.15, -0.1) is 0 Å². The monoisotopic (exact) mass is 316 g/mol. The van der Waals surface area contributed by atoms with Crippen LogP contribution in [0.1, 0.15) is 25.5 Å². The van der Waals surface area contributed by atoms with Crippen LogP contribution >= 0.6 is 15.9 Å². The van der Waals surface area contributed by atoms with Crippen molar-refractivity contribution in [3.63, 3.8) is 0 Å². The molecule has 0 aliphatic rings. The Hall–Kier alpha value is -1.07. The van der Waals surface area contributed by atoms with Crippen molar-refractivity contribution in [3.05, 3.63) is 28.2 Å². The molecule has 1 aromatic carbocycles. The van der Waals surface area contributed by atoms with Crippen LogP contribution in [-0.4, -0.2) is 23.3 Å². The van der Waals surface area contributed by atoms with Gasteiger partial charge in [0.25, 0.3) is 0 Å². The number of aliphatic carboxylic acids is 1. The number of carboxylic acids is 1. The molecular weight excluding hydrogens is 300 g/mol. The SMILES string of the molecule is COc1ccc(Br)c(C(O)C(C(=O)O)C(C)C)c1. The maximum Gasteiger partial charge on any atom is 0.309 e. The first-order valence-electron chi connectivity index (χ1n) is 5.62. The zero-order valence-corrected chi connectivity index (χ0v) is 12.1. The lowest BCUT2D eigenvalue weighted by atomic mass is 9.86. The fourth-order valence-electron chi connectivity index (χ4n) is 1.85. The minimum absolute atomic E-state index is 0.171. The van der Waals surface area contributed by atoms with Gasteiger partial charge in [0.2, 0.25) is 0 Å². The first-order chi connectivity index (χ1) is 8.38. The Bertz CT molecular complexity index is 431. The lowest BCUT2D eigenvalue weighted by Crippen LogP contribution is -2.27. The average molecular weight is 317 g/mol. The minimum atomic E-state index is -1.08. The molecule has 100 valence electrons. The number of hydrogen-bond acceptors (Lipinski definition) is 3. The number of ether oxygens (including phenoxy) is 1. The highest BCUT2D eigenvalue weighted by Crippen LogP contribution is 2.34. The molecule has 0 saturated carbocycles. The molecule has 0 aliphatic carbocycles. The second kappa shape index (κ2) is 6.20. The highest BCUT2D eigenvalue weighted by atomic mass is 79.9. The van der Waals surface area contributed by atoms with Gasteiger partial charge in [0.15, 0.2) is 0 Å². The Morgan fingerprint density at radius 3 is 2.44 bits per heavy atom. The highest BCUT2D eigenvalue weighted by molar-refractivity contribution is 9.10. The Balaban J connectivity index is 3.15. The molecule has 4 nitrogen and oxygen atoms in total. The van der Waals surface area contributed by atoms with Gasteiger partial charge in [-0.3, -0.25) is 4.79 Å². The summed E-state index contributed by atoms with van der Waals surface area (Å²) in [7, 11) is 1.52. The van der Waals surface area contributed by atoms with E-state index >= 15 is 0 Å². The molecule has 0 bridgehead atoms. The van der Waals surface area contributed by atoms with E-state index in [2.05, 4.69) is 15.9 Å². The lowest BCUT2D eigenvalue weighted by Gasteiger charge is -2.23. The molecule has 0 aromatic heterocycles. The maximum absolute atomic E-state index is 11.2. The molecule has 1 rings (SSSR count). The third-order valence-corrected chi connectivity index (χ3v) is 3.59. The van der Waals surface area contributed by atoms with Crippen molar-refractivity contribution < 1.29 is 19.7 Å². The number of halogens is 1. The van der Waals surface area contributed by atoms with E-state index in [1.54, 1.807) is 32.0 Å². The molecule has 0 radical (unpaired) electrons. The van der Waals surface area contributed by atoms with Crippen LogP contribution in [0.15, 0.2) is 22.7 Å². The number of rotatable bonds is 5. The first kappa shape index (κ1) is 15.0. The summed E-state index contributed by atoms with van der Waals surface area (Å²) in [5, 5.41) is 19.4. The van der Waals surface area contributed by atoms with Crippen molar-refractivity contribution in [2.45, 2.75) is 20.0 Å². The normalized spacial score (nSPS) is 14.3. The van der Waals surface area contributed by atoms with Crippen LogP contribution in [0.5, 0.6) is 5.75 Å². The largest absolute Gasteiger partial charge is 0.497 e. The van der Waals surface area contributed by atoms with Crippen LogP contribution < -0.4 is 4.74 Å². The van der Waals surface area contributed by atoms with E-state index in [1.165, 1.54) is 7.11 Å². The predicted molar refractivity (Wildman–Crippen MR) is 71.6 cm³/mol. The maximum atomic E-state index is 11.2. The molecule has 5 heteroatoms. The predicted octanol–water partition coefficient (Wildman–Crippen LogP) is 2.85. The van der Waals surface area contributed by atoms with E-state index in [0.717, 1.165) is 0 Å². The molecule has 0 heterocycles. The number of carbonyl (C=O) groups is 1. The van der Waals surface area contributed by atoms with Gasteiger partial charge in [0.1, 0.15) is 5.75 Å². The molecule has 2 unspecified atom stereocenters. The summed E-state index contributed by atoms with van der Waals surface area (Å²) in [5.41, 5.74) is 0.524. The van der Waals surface area contributed by atoms with Gasteiger partial charge in [-0.2, -0.15) is 0 Å². The van der Waals surface area contributed by atoms with Gasteiger partial charge in [0.05, 0.1) is 19.1 Å². The smallest absolute Gasteiger partial charge is 0.309 e. The van der Waals surface area contributed by atoms with Crippen molar-refractivity contribution in [2.75, 3.05) is 7.11 Å². The van der Waals surface area contributed by atoms with E-state index in [4.69, 9.17) is 4.74 Å². The van der Waals surface area contributed by atoms with Gasteiger partial charge < -0.3 is 14.9 Å². The van der Waals surface area contributed by atoms with Gasteiger partial charge in [0, 0.05) is 4.47 Å². The number of aliphatic hydroxyl groups is 1. The molecule has 0 fully saturated rings. The van der Waals surface area contributed by atoms with Crippen LogP contribution in [-0.2, 0) is 4.79 Å². The summed E-state index contributed by atoms with van der Waals surface area (Å²) in [4.78, 5) is 11.2. The molecule has 0 spiro atoms. The topological polar surface area (TPSA) is 66.8 Å². The minimum Gasteiger partial charge on any atom is -0.497 e. The number of carboxylic acid groups (broad SMARTS) is 1. The van der Waals surface area contributed by atoms with Crippen molar-refractivity contribution in [1.82, 2.24) is 0 Å². The van der Waals surface area contributed by atoms with E-state index < -0.39 is 18.0 Å². The molecule has 2 atom stereocenters. The second-order valence-corrected chi connectivity index (χ2v) is 5.29. The molecule has 0 amide bonds. The van der Waals surface area contributed by atoms with Gasteiger partial charge in [-0.05, 0) is 29.7 Å². The first-order valence-corrected chi connectivity index (χ1v) is 6.42. The molecular formula is C13H17BrO4. The van der Waals surface area contributed by atoms with E-state index in [0.29, 0.717) is 15.8 Å². The van der Waals surface area contributed by atoms with Gasteiger partial charge in [-0.25, -0.2) is 0 Å².